The van der Waals surface area contributed by atoms with E-state index in [2.05, 4.69) is 17.1 Å². The van der Waals surface area contributed by atoms with Gasteiger partial charge in [0.1, 0.15) is 0 Å². The maximum absolute atomic E-state index is 9.32. The first-order chi connectivity index (χ1) is 10.3. The van der Waals surface area contributed by atoms with Crippen LogP contribution in [0.2, 0.25) is 0 Å². The molecule has 0 aromatic carbocycles. The Labute approximate surface area is 130 Å². The lowest BCUT2D eigenvalue weighted by Crippen LogP contribution is -2.51. The van der Waals surface area contributed by atoms with E-state index in [9.17, 15) is 5.11 Å². The number of piperidine rings is 1. The Kier molecular flexibility index (Phi) is 7.44. The number of rotatable bonds is 8. The molecule has 0 aromatic heterocycles. The first-order valence-electron chi connectivity index (χ1n) is 8.93. The fourth-order valence-electron chi connectivity index (χ4n) is 3.90. The number of ether oxygens (including phenoxy) is 1. The summed E-state index contributed by atoms with van der Waals surface area (Å²) >= 11 is 0. The van der Waals surface area contributed by atoms with E-state index >= 15 is 0 Å². The highest BCUT2D eigenvalue weighted by Crippen LogP contribution is 2.33. The smallest absolute Gasteiger partial charge is 0.0472 e. The monoisotopic (exact) mass is 298 g/mol. The van der Waals surface area contributed by atoms with Crippen molar-refractivity contribution in [2.75, 3.05) is 46.0 Å². The van der Waals surface area contributed by atoms with Crippen LogP contribution >= 0.6 is 0 Å². The topological polar surface area (TPSA) is 44.7 Å². The second-order valence-electron chi connectivity index (χ2n) is 6.92. The summed E-state index contributed by atoms with van der Waals surface area (Å²) < 4.78 is 5.61. The van der Waals surface area contributed by atoms with Gasteiger partial charge in [0.25, 0.3) is 0 Å². The van der Waals surface area contributed by atoms with Gasteiger partial charge in [0.05, 0.1) is 0 Å². The standard InChI is InChI=1S/C17H34N2O2/c1-2-9-18-14-17(7-12-21-13-8-17)15-19-10-4-3-5-16(19)6-11-20/h16,18,20H,2-15H2,1H3. The van der Waals surface area contributed by atoms with Gasteiger partial charge in [0.2, 0.25) is 0 Å². The number of nitrogens with one attached hydrogen (secondary N) is 1. The molecule has 0 saturated carbocycles. The lowest BCUT2D eigenvalue weighted by molar-refractivity contribution is -0.0197. The van der Waals surface area contributed by atoms with Crippen molar-refractivity contribution in [3.05, 3.63) is 0 Å². The molecule has 21 heavy (non-hydrogen) atoms. The minimum absolute atomic E-state index is 0.325. The third-order valence-corrected chi connectivity index (χ3v) is 5.23. The number of likely N-dealkylation sites (tertiary alicyclic amines) is 1. The van der Waals surface area contributed by atoms with Gasteiger partial charge < -0.3 is 15.2 Å². The summed E-state index contributed by atoms with van der Waals surface area (Å²) in [6.07, 6.45) is 8.38. The van der Waals surface area contributed by atoms with Gasteiger partial charge in [-0.3, -0.25) is 4.90 Å². The highest BCUT2D eigenvalue weighted by molar-refractivity contribution is 4.90. The van der Waals surface area contributed by atoms with Gasteiger partial charge >= 0.3 is 0 Å². The fourth-order valence-corrected chi connectivity index (χ4v) is 3.90. The van der Waals surface area contributed by atoms with Gasteiger partial charge in [0, 0.05) is 39.0 Å². The Hall–Kier alpha value is -0.160. The van der Waals surface area contributed by atoms with E-state index in [1.165, 1.54) is 51.6 Å². The molecule has 2 aliphatic rings. The van der Waals surface area contributed by atoms with Crippen molar-refractivity contribution in [3.8, 4) is 0 Å². The first kappa shape index (κ1) is 17.2. The van der Waals surface area contributed by atoms with Crippen molar-refractivity contribution >= 4 is 0 Å². The molecule has 2 N–H and O–H groups in total. The molecule has 2 heterocycles. The molecule has 1 atom stereocenters. The largest absolute Gasteiger partial charge is 0.396 e. The molecule has 1 unspecified atom stereocenters. The SMILES string of the molecule is CCCNCC1(CN2CCCCC2CCO)CCOCC1. The Balaban J connectivity index is 1.95. The summed E-state index contributed by atoms with van der Waals surface area (Å²) in [6, 6.07) is 0.592. The van der Waals surface area contributed by atoms with Gasteiger partial charge in [-0.25, -0.2) is 0 Å². The van der Waals surface area contributed by atoms with Crippen molar-refractivity contribution in [1.82, 2.24) is 10.2 Å². The highest BCUT2D eigenvalue weighted by atomic mass is 16.5. The lowest BCUT2D eigenvalue weighted by Gasteiger charge is -2.45. The summed E-state index contributed by atoms with van der Waals surface area (Å²) in [4.78, 5) is 2.67. The number of nitrogens with zero attached hydrogens (tertiary/aromatic N) is 1. The molecule has 2 fully saturated rings. The van der Waals surface area contributed by atoms with Crippen molar-refractivity contribution < 1.29 is 9.84 Å². The van der Waals surface area contributed by atoms with Crippen molar-refractivity contribution in [2.24, 2.45) is 5.41 Å². The molecule has 4 nitrogen and oxygen atoms in total. The molecule has 0 aliphatic carbocycles. The second kappa shape index (κ2) is 9.09. The highest BCUT2D eigenvalue weighted by Gasteiger charge is 2.36. The molecule has 4 heteroatoms. The van der Waals surface area contributed by atoms with Crippen LogP contribution in [0.4, 0.5) is 0 Å². The van der Waals surface area contributed by atoms with E-state index in [4.69, 9.17) is 4.74 Å². The van der Waals surface area contributed by atoms with E-state index in [1.807, 2.05) is 0 Å². The van der Waals surface area contributed by atoms with Gasteiger partial charge in [-0.15, -0.1) is 0 Å². The zero-order valence-electron chi connectivity index (χ0n) is 13.8. The molecule has 0 radical (unpaired) electrons. The zero-order valence-corrected chi connectivity index (χ0v) is 13.8. The Bertz CT molecular complexity index is 278. The average Bonchev–Trinajstić information content (AvgIpc) is 2.51. The van der Waals surface area contributed by atoms with Crippen LogP contribution in [0.25, 0.3) is 0 Å². The van der Waals surface area contributed by atoms with Crippen LogP contribution < -0.4 is 5.32 Å². The van der Waals surface area contributed by atoms with Gasteiger partial charge in [-0.2, -0.15) is 0 Å². The number of hydrogen-bond acceptors (Lipinski definition) is 4. The zero-order chi connectivity index (χ0) is 15.0. The quantitative estimate of drug-likeness (QED) is 0.673. The predicted molar refractivity (Wildman–Crippen MR) is 86.6 cm³/mol. The summed E-state index contributed by atoms with van der Waals surface area (Å²) in [5.74, 6) is 0. The van der Waals surface area contributed by atoms with E-state index < -0.39 is 0 Å². The summed E-state index contributed by atoms with van der Waals surface area (Å²) in [6.45, 7) is 8.99. The molecule has 124 valence electrons. The van der Waals surface area contributed by atoms with E-state index in [0.29, 0.717) is 18.1 Å². The van der Waals surface area contributed by atoms with Crippen LogP contribution in [-0.2, 0) is 4.74 Å². The van der Waals surface area contributed by atoms with Gasteiger partial charge in [-0.05, 0) is 57.0 Å². The van der Waals surface area contributed by atoms with Crippen LogP contribution in [0.1, 0.15) is 51.9 Å². The minimum Gasteiger partial charge on any atom is -0.396 e. The maximum Gasteiger partial charge on any atom is 0.0472 e. The third kappa shape index (κ3) is 5.20. The number of hydrogen-bond donors (Lipinski definition) is 2. The lowest BCUT2D eigenvalue weighted by atomic mass is 9.78. The van der Waals surface area contributed by atoms with E-state index in [-0.39, 0.29) is 0 Å². The predicted octanol–water partition coefficient (Wildman–Crippen LogP) is 2.02. The second-order valence-corrected chi connectivity index (χ2v) is 6.92. The molecule has 0 amide bonds. The number of aliphatic hydroxyl groups is 1. The average molecular weight is 298 g/mol. The summed E-state index contributed by atoms with van der Waals surface area (Å²) in [5.41, 5.74) is 0.373. The first-order valence-corrected chi connectivity index (χ1v) is 8.93. The van der Waals surface area contributed by atoms with E-state index in [1.54, 1.807) is 0 Å². The number of aliphatic hydroxyl groups excluding tert-OH is 1. The van der Waals surface area contributed by atoms with Crippen molar-refractivity contribution in [2.45, 2.75) is 57.9 Å². The third-order valence-electron chi connectivity index (χ3n) is 5.23. The Morgan fingerprint density at radius 1 is 1.29 bits per heavy atom. The molecular weight excluding hydrogens is 264 g/mol. The maximum atomic E-state index is 9.32. The molecular formula is C17H34N2O2. The summed E-state index contributed by atoms with van der Waals surface area (Å²) in [5, 5.41) is 13.0. The minimum atomic E-state index is 0.325. The fraction of sp³-hybridized carbons (Fsp3) is 1.00. The van der Waals surface area contributed by atoms with E-state index in [0.717, 1.165) is 32.7 Å². The van der Waals surface area contributed by atoms with Gasteiger partial charge in [-0.1, -0.05) is 13.3 Å². The van der Waals surface area contributed by atoms with Crippen LogP contribution in [0.5, 0.6) is 0 Å². The normalized spacial score (nSPS) is 26.9. The Morgan fingerprint density at radius 3 is 2.81 bits per heavy atom. The molecule has 2 aliphatic heterocycles. The van der Waals surface area contributed by atoms with Crippen LogP contribution in [-0.4, -0.2) is 62.0 Å². The molecule has 0 spiro atoms. The van der Waals surface area contributed by atoms with Crippen molar-refractivity contribution in [3.63, 3.8) is 0 Å². The molecule has 2 saturated heterocycles. The van der Waals surface area contributed by atoms with Crippen molar-refractivity contribution in [1.29, 1.82) is 0 Å². The van der Waals surface area contributed by atoms with Gasteiger partial charge in [0.15, 0.2) is 0 Å². The van der Waals surface area contributed by atoms with Crippen LogP contribution in [0.3, 0.4) is 0 Å². The molecule has 2 rings (SSSR count). The van der Waals surface area contributed by atoms with Crippen LogP contribution in [0.15, 0.2) is 0 Å². The molecule has 0 aromatic rings. The van der Waals surface area contributed by atoms with Crippen LogP contribution in [0, 0.1) is 5.41 Å². The summed E-state index contributed by atoms with van der Waals surface area (Å²) in [7, 11) is 0. The molecule has 0 bridgehead atoms. The Morgan fingerprint density at radius 2 is 2.10 bits per heavy atom.